The van der Waals surface area contributed by atoms with E-state index in [9.17, 15) is 4.79 Å². The molecular weight excluding hydrogens is 190 g/mol. The van der Waals surface area contributed by atoms with Crippen molar-refractivity contribution in [3.63, 3.8) is 0 Å². The smallest absolute Gasteiger partial charge is 0.164 e. The number of carbonyl (C=O) groups is 1. The summed E-state index contributed by atoms with van der Waals surface area (Å²) in [6.07, 6.45) is 3.40. The third-order valence-electron chi connectivity index (χ3n) is 2.36. The Bertz CT molecular complexity index is 520. The first-order chi connectivity index (χ1) is 7.24. The van der Waals surface area contributed by atoms with Crippen molar-refractivity contribution in [2.75, 3.05) is 7.11 Å². The fourth-order valence-electron chi connectivity index (χ4n) is 1.67. The van der Waals surface area contributed by atoms with E-state index in [2.05, 4.69) is 4.98 Å². The van der Waals surface area contributed by atoms with Crippen LogP contribution >= 0.6 is 0 Å². The van der Waals surface area contributed by atoms with E-state index in [4.69, 9.17) is 4.74 Å². The highest BCUT2D eigenvalue weighted by Gasteiger charge is 2.11. The van der Waals surface area contributed by atoms with Gasteiger partial charge in [-0.3, -0.25) is 9.78 Å². The number of hydrogen-bond acceptors (Lipinski definition) is 3. The minimum absolute atomic E-state index is 0.00884. The molecule has 0 aliphatic heterocycles. The Labute approximate surface area is 87.7 Å². The largest absolute Gasteiger partial charge is 0.496 e. The summed E-state index contributed by atoms with van der Waals surface area (Å²) in [5, 5.41) is 1.83. The fraction of sp³-hybridized carbons (Fsp3) is 0.167. The van der Waals surface area contributed by atoms with Crippen molar-refractivity contribution in [2.45, 2.75) is 6.92 Å². The number of aromatic nitrogens is 1. The standard InChI is InChI=1S/C12H11NO2/c1-8(14)12-10-7-13-6-5-9(10)3-4-11(12)15-2/h3-7H,1-2H3. The van der Waals surface area contributed by atoms with E-state index in [0.29, 0.717) is 11.3 Å². The van der Waals surface area contributed by atoms with Gasteiger partial charge < -0.3 is 4.74 Å². The van der Waals surface area contributed by atoms with Gasteiger partial charge in [-0.05, 0) is 24.4 Å². The zero-order valence-electron chi connectivity index (χ0n) is 8.65. The second-order valence-corrected chi connectivity index (χ2v) is 3.30. The summed E-state index contributed by atoms with van der Waals surface area (Å²) in [4.78, 5) is 15.6. The lowest BCUT2D eigenvalue weighted by Gasteiger charge is -2.08. The van der Waals surface area contributed by atoms with E-state index in [1.165, 1.54) is 6.92 Å². The van der Waals surface area contributed by atoms with Gasteiger partial charge in [0.05, 0.1) is 12.7 Å². The number of rotatable bonds is 2. The van der Waals surface area contributed by atoms with Gasteiger partial charge in [0.1, 0.15) is 5.75 Å². The lowest BCUT2D eigenvalue weighted by atomic mass is 10.0. The zero-order valence-corrected chi connectivity index (χ0v) is 8.65. The summed E-state index contributed by atoms with van der Waals surface area (Å²) in [6.45, 7) is 1.53. The molecule has 0 aliphatic carbocycles. The molecule has 0 unspecified atom stereocenters. The molecule has 1 aromatic carbocycles. The number of Topliss-reactive ketones (excluding diaryl/α,β-unsaturated/α-hetero) is 1. The normalized spacial score (nSPS) is 10.3. The summed E-state index contributed by atoms with van der Waals surface area (Å²) >= 11 is 0. The molecule has 2 aromatic rings. The molecule has 0 aliphatic rings. The van der Waals surface area contributed by atoms with E-state index in [-0.39, 0.29) is 5.78 Å². The molecule has 3 nitrogen and oxygen atoms in total. The number of carbonyl (C=O) groups excluding carboxylic acids is 1. The van der Waals surface area contributed by atoms with E-state index in [1.807, 2.05) is 12.1 Å². The van der Waals surface area contributed by atoms with Crippen LogP contribution in [0, 0.1) is 0 Å². The van der Waals surface area contributed by atoms with Gasteiger partial charge in [0.25, 0.3) is 0 Å². The molecule has 3 heteroatoms. The molecule has 1 aromatic heterocycles. The van der Waals surface area contributed by atoms with Crippen molar-refractivity contribution >= 4 is 16.6 Å². The van der Waals surface area contributed by atoms with Gasteiger partial charge in [0.2, 0.25) is 0 Å². The highest BCUT2D eigenvalue weighted by Crippen LogP contribution is 2.27. The molecule has 0 atom stereocenters. The van der Waals surface area contributed by atoms with Crippen molar-refractivity contribution in [1.29, 1.82) is 0 Å². The number of fused-ring (bicyclic) bond motifs is 1. The number of hydrogen-bond donors (Lipinski definition) is 0. The summed E-state index contributed by atoms with van der Waals surface area (Å²) < 4.78 is 5.17. The third kappa shape index (κ3) is 1.56. The first kappa shape index (κ1) is 9.65. The first-order valence-electron chi connectivity index (χ1n) is 4.65. The molecule has 0 spiro atoms. The SMILES string of the molecule is COc1ccc2ccncc2c1C(C)=O. The van der Waals surface area contributed by atoms with Crippen LogP contribution in [0.5, 0.6) is 5.75 Å². The Morgan fingerprint density at radius 2 is 2.13 bits per heavy atom. The molecule has 0 amide bonds. The van der Waals surface area contributed by atoms with Crippen LogP contribution in [0.25, 0.3) is 10.8 Å². The molecule has 0 saturated carbocycles. The van der Waals surface area contributed by atoms with E-state index in [1.54, 1.807) is 25.6 Å². The van der Waals surface area contributed by atoms with Gasteiger partial charge in [-0.1, -0.05) is 6.07 Å². The van der Waals surface area contributed by atoms with Crippen LogP contribution in [0.1, 0.15) is 17.3 Å². The minimum Gasteiger partial charge on any atom is -0.496 e. The molecule has 0 saturated heterocycles. The number of benzene rings is 1. The molecule has 15 heavy (non-hydrogen) atoms. The maximum atomic E-state index is 11.5. The number of nitrogens with zero attached hydrogens (tertiary/aromatic N) is 1. The fourth-order valence-corrected chi connectivity index (χ4v) is 1.67. The topological polar surface area (TPSA) is 39.2 Å². The summed E-state index contributed by atoms with van der Waals surface area (Å²) in [7, 11) is 1.56. The second-order valence-electron chi connectivity index (χ2n) is 3.30. The predicted molar refractivity (Wildman–Crippen MR) is 58.3 cm³/mol. The molecular formula is C12H11NO2. The Kier molecular flexibility index (Phi) is 2.37. The zero-order chi connectivity index (χ0) is 10.8. The molecule has 1 heterocycles. The Morgan fingerprint density at radius 3 is 2.80 bits per heavy atom. The molecule has 2 rings (SSSR count). The summed E-state index contributed by atoms with van der Waals surface area (Å²) in [6, 6.07) is 5.60. The Balaban J connectivity index is 2.85. The Morgan fingerprint density at radius 1 is 1.33 bits per heavy atom. The predicted octanol–water partition coefficient (Wildman–Crippen LogP) is 2.45. The number of ether oxygens (including phenoxy) is 1. The third-order valence-corrected chi connectivity index (χ3v) is 2.36. The van der Waals surface area contributed by atoms with Crippen LogP contribution in [-0.2, 0) is 0 Å². The van der Waals surface area contributed by atoms with E-state index < -0.39 is 0 Å². The van der Waals surface area contributed by atoms with Crippen molar-refractivity contribution in [1.82, 2.24) is 4.98 Å². The number of methoxy groups -OCH3 is 1. The van der Waals surface area contributed by atoms with Crippen LogP contribution in [-0.4, -0.2) is 17.9 Å². The van der Waals surface area contributed by atoms with Crippen molar-refractivity contribution in [3.8, 4) is 5.75 Å². The first-order valence-corrected chi connectivity index (χ1v) is 4.65. The highest BCUT2D eigenvalue weighted by molar-refractivity contribution is 6.09. The van der Waals surface area contributed by atoms with Gasteiger partial charge in [-0.25, -0.2) is 0 Å². The number of ketones is 1. The van der Waals surface area contributed by atoms with Gasteiger partial charge in [-0.2, -0.15) is 0 Å². The van der Waals surface area contributed by atoms with Crippen molar-refractivity contribution in [3.05, 3.63) is 36.2 Å². The van der Waals surface area contributed by atoms with Crippen LogP contribution in [0.4, 0.5) is 0 Å². The average molecular weight is 201 g/mol. The lowest BCUT2D eigenvalue weighted by molar-refractivity contribution is 0.101. The molecule has 0 fully saturated rings. The van der Waals surface area contributed by atoms with E-state index >= 15 is 0 Å². The molecule has 0 radical (unpaired) electrons. The second kappa shape index (κ2) is 3.69. The maximum Gasteiger partial charge on any atom is 0.164 e. The molecule has 76 valence electrons. The van der Waals surface area contributed by atoms with Gasteiger partial charge in [0, 0.05) is 17.8 Å². The molecule has 0 bridgehead atoms. The van der Waals surface area contributed by atoms with Crippen LogP contribution in [0.15, 0.2) is 30.6 Å². The van der Waals surface area contributed by atoms with Crippen LogP contribution in [0.2, 0.25) is 0 Å². The monoisotopic (exact) mass is 201 g/mol. The van der Waals surface area contributed by atoms with Crippen LogP contribution < -0.4 is 4.74 Å². The van der Waals surface area contributed by atoms with Gasteiger partial charge >= 0.3 is 0 Å². The maximum absolute atomic E-state index is 11.5. The quantitative estimate of drug-likeness (QED) is 0.700. The van der Waals surface area contributed by atoms with Gasteiger partial charge in [0.15, 0.2) is 5.78 Å². The average Bonchev–Trinajstić information content (AvgIpc) is 2.27. The van der Waals surface area contributed by atoms with Crippen LogP contribution in [0.3, 0.4) is 0 Å². The lowest BCUT2D eigenvalue weighted by Crippen LogP contribution is -1.98. The highest BCUT2D eigenvalue weighted by atomic mass is 16.5. The minimum atomic E-state index is -0.00884. The summed E-state index contributed by atoms with van der Waals surface area (Å²) in [5.41, 5.74) is 0.600. The van der Waals surface area contributed by atoms with E-state index in [0.717, 1.165) is 10.8 Å². The summed E-state index contributed by atoms with van der Waals surface area (Å²) in [5.74, 6) is 0.591. The Hall–Kier alpha value is -1.90. The number of pyridine rings is 1. The van der Waals surface area contributed by atoms with Gasteiger partial charge in [-0.15, -0.1) is 0 Å². The van der Waals surface area contributed by atoms with Crippen molar-refractivity contribution in [2.24, 2.45) is 0 Å². The van der Waals surface area contributed by atoms with Crippen molar-refractivity contribution < 1.29 is 9.53 Å². The molecule has 0 N–H and O–H groups in total.